The highest BCUT2D eigenvalue weighted by Gasteiger charge is 2.19. The molecule has 0 saturated heterocycles. The van der Waals surface area contributed by atoms with E-state index in [0.29, 0.717) is 23.0 Å². The molecule has 0 saturated carbocycles. The zero-order valence-corrected chi connectivity index (χ0v) is 14.8. The number of methoxy groups -OCH3 is 2. The quantitative estimate of drug-likeness (QED) is 0.564. The van der Waals surface area contributed by atoms with Gasteiger partial charge < -0.3 is 13.9 Å². The van der Waals surface area contributed by atoms with Gasteiger partial charge in [0.05, 0.1) is 14.2 Å². The number of ether oxygens (including phenoxy) is 2. The van der Waals surface area contributed by atoms with E-state index in [-0.39, 0.29) is 5.56 Å². The highest BCUT2D eigenvalue weighted by molar-refractivity contribution is 5.79. The molecule has 4 aromatic rings. The van der Waals surface area contributed by atoms with Gasteiger partial charge in [-0.3, -0.25) is 15.0 Å². The lowest BCUT2D eigenvalue weighted by Gasteiger charge is -2.04. The van der Waals surface area contributed by atoms with E-state index in [2.05, 4.69) is 15.2 Å². The smallest absolute Gasteiger partial charge is 0.264 e. The van der Waals surface area contributed by atoms with Crippen LogP contribution in [0.1, 0.15) is 0 Å². The monoisotopic (exact) mass is 363 g/mol. The van der Waals surface area contributed by atoms with Crippen LogP contribution in [0.25, 0.3) is 34.2 Å². The molecule has 2 heterocycles. The number of aromatic nitrogens is 3. The summed E-state index contributed by atoms with van der Waals surface area (Å²) >= 11 is 0. The van der Waals surface area contributed by atoms with Gasteiger partial charge in [0.25, 0.3) is 5.56 Å². The molecule has 7 heteroatoms. The zero-order chi connectivity index (χ0) is 18.8. The van der Waals surface area contributed by atoms with Gasteiger partial charge in [-0.15, -0.1) is 0 Å². The average Bonchev–Trinajstić information content (AvgIpc) is 3.34. The number of oxazole rings is 1. The summed E-state index contributed by atoms with van der Waals surface area (Å²) < 4.78 is 16.5. The number of nitrogens with one attached hydrogen (secondary N) is 2. The van der Waals surface area contributed by atoms with Crippen molar-refractivity contribution in [1.82, 2.24) is 15.2 Å². The molecule has 136 valence electrons. The van der Waals surface area contributed by atoms with Crippen LogP contribution in [0.4, 0.5) is 0 Å². The molecule has 4 rings (SSSR count). The summed E-state index contributed by atoms with van der Waals surface area (Å²) in [7, 11) is 3.24. The lowest BCUT2D eigenvalue weighted by molar-refractivity contribution is 0.414. The first kappa shape index (κ1) is 16.7. The third-order valence-electron chi connectivity index (χ3n) is 4.17. The van der Waals surface area contributed by atoms with Gasteiger partial charge in [0.15, 0.2) is 5.76 Å². The van der Waals surface area contributed by atoms with Crippen molar-refractivity contribution in [3.05, 3.63) is 65.0 Å². The second kappa shape index (κ2) is 6.87. The van der Waals surface area contributed by atoms with Gasteiger partial charge in [0.2, 0.25) is 5.89 Å². The molecule has 0 atom stereocenters. The highest BCUT2D eigenvalue weighted by Crippen LogP contribution is 2.36. The van der Waals surface area contributed by atoms with Crippen LogP contribution in [-0.4, -0.2) is 29.4 Å². The Labute approximate surface area is 154 Å². The van der Waals surface area contributed by atoms with E-state index in [0.717, 1.165) is 22.6 Å². The predicted octanol–water partition coefficient (Wildman–Crippen LogP) is 3.71. The van der Waals surface area contributed by atoms with Crippen molar-refractivity contribution >= 4 is 0 Å². The third kappa shape index (κ3) is 3.22. The average molecular weight is 363 g/mol. The Morgan fingerprint density at radius 2 is 1.44 bits per heavy atom. The number of hydrogen-bond acceptors (Lipinski definition) is 5. The second-order valence-corrected chi connectivity index (χ2v) is 5.83. The van der Waals surface area contributed by atoms with Crippen LogP contribution >= 0.6 is 0 Å². The lowest BCUT2D eigenvalue weighted by Crippen LogP contribution is -1.93. The van der Waals surface area contributed by atoms with E-state index in [1.807, 2.05) is 48.5 Å². The number of hydrogen-bond donors (Lipinski definition) is 2. The van der Waals surface area contributed by atoms with Crippen molar-refractivity contribution in [3.63, 3.8) is 0 Å². The summed E-state index contributed by atoms with van der Waals surface area (Å²) in [6.07, 6.45) is 0. The summed E-state index contributed by atoms with van der Waals surface area (Å²) in [6, 6.07) is 16.5. The van der Waals surface area contributed by atoms with Crippen LogP contribution in [0.15, 0.2) is 63.8 Å². The number of H-pyrrole nitrogens is 2. The first-order valence-electron chi connectivity index (χ1n) is 8.25. The topological polar surface area (TPSA) is 93.1 Å². The molecule has 2 aromatic carbocycles. The van der Waals surface area contributed by atoms with Crippen LogP contribution in [0, 0.1) is 0 Å². The molecule has 0 aliphatic carbocycles. The van der Waals surface area contributed by atoms with Gasteiger partial charge >= 0.3 is 0 Å². The Bertz CT molecular complexity index is 1040. The molecule has 0 bridgehead atoms. The van der Waals surface area contributed by atoms with E-state index in [4.69, 9.17) is 13.9 Å². The van der Waals surface area contributed by atoms with Crippen molar-refractivity contribution in [2.24, 2.45) is 0 Å². The van der Waals surface area contributed by atoms with Crippen LogP contribution < -0.4 is 15.0 Å². The predicted molar refractivity (Wildman–Crippen MR) is 101 cm³/mol. The normalized spacial score (nSPS) is 10.7. The fourth-order valence-electron chi connectivity index (χ4n) is 2.77. The van der Waals surface area contributed by atoms with Crippen LogP contribution in [0.3, 0.4) is 0 Å². The van der Waals surface area contributed by atoms with E-state index in [9.17, 15) is 4.79 Å². The molecule has 0 aliphatic heterocycles. The number of benzene rings is 2. The van der Waals surface area contributed by atoms with Crippen molar-refractivity contribution < 1.29 is 13.9 Å². The Morgan fingerprint density at radius 1 is 0.852 bits per heavy atom. The molecule has 0 fully saturated rings. The maximum absolute atomic E-state index is 11.5. The fraction of sp³-hybridized carbons (Fsp3) is 0.100. The van der Waals surface area contributed by atoms with E-state index in [1.165, 1.54) is 6.07 Å². The molecular weight excluding hydrogens is 346 g/mol. The zero-order valence-electron chi connectivity index (χ0n) is 14.8. The standard InChI is InChI=1S/C20H17N3O4/c1-25-14-7-3-12(4-8-14)18-19(13-5-9-15(26-2)10-6-13)27-20(21-18)16-11-17(24)23-22-16/h3-11H,1-2H3,(H2,22,23,24). The molecule has 7 nitrogen and oxygen atoms in total. The van der Waals surface area contributed by atoms with E-state index >= 15 is 0 Å². The molecule has 0 unspecified atom stereocenters. The fourth-order valence-corrected chi connectivity index (χ4v) is 2.77. The number of aromatic amines is 2. The molecule has 2 N–H and O–H groups in total. The van der Waals surface area contributed by atoms with E-state index in [1.54, 1.807) is 14.2 Å². The molecule has 0 spiro atoms. The SMILES string of the molecule is COc1ccc(-c2nc(-c3cc(=O)[nH][nH]3)oc2-c2ccc(OC)cc2)cc1. The Morgan fingerprint density at radius 3 is 1.96 bits per heavy atom. The summed E-state index contributed by atoms with van der Waals surface area (Å²) in [5, 5.41) is 5.26. The maximum atomic E-state index is 11.5. The minimum absolute atomic E-state index is 0.250. The molecular formula is C20H17N3O4. The van der Waals surface area contributed by atoms with Gasteiger partial charge in [-0.05, 0) is 48.5 Å². The van der Waals surface area contributed by atoms with Crippen molar-refractivity contribution in [2.45, 2.75) is 0 Å². The van der Waals surface area contributed by atoms with Crippen molar-refractivity contribution in [1.29, 1.82) is 0 Å². The Kier molecular flexibility index (Phi) is 4.25. The maximum Gasteiger partial charge on any atom is 0.264 e. The van der Waals surface area contributed by atoms with Gasteiger partial charge in [-0.25, -0.2) is 4.98 Å². The Hall–Kier alpha value is -3.74. The summed E-state index contributed by atoms with van der Waals surface area (Å²) in [6.45, 7) is 0. The molecule has 27 heavy (non-hydrogen) atoms. The van der Waals surface area contributed by atoms with Crippen molar-refractivity contribution in [2.75, 3.05) is 14.2 Å². The van der Waals surface area contributed by atoms with Crippen LogP contribution in [0.5, 0.6) is 11.5 Å². The molecule has 0 radical (unpaired) electrons. The van der Waals surface area contributed by atoms with Gasteiger partial charge in [-0.1, -0.05) is 0 Å². The van der Waals surface area contributed by atoms with Gasteiger partial charge in [0.1, 0.15) is 22.9 Å². The minimum atomic E-state index is -0.250. The number of nitrogens with zero attached hydrogens (tertiary/aromatic N) is 1. The largest absolute Gasteiger partial charge is 0.497 e. The molecule has 0 amide bonds. The van der Waals surface area contributed by atoms with Crippen LogP contribution in [0.2, 0.25) is 0 Å². The second-order valence-electron chi connectivity index (χ2n) is 5.83. The first-order chi connectivity index (χ1) is 13.2. The minimum Gasteiger partial charge on any atom is -0.497 e. The summed E-state index contributed by atoms with van der Waals surface area (Å²) in [5.41, 5.74) is 2.61. The summed E-state index contributed by atoms with van der Waals surface area (Å²) in [4.78, 5) is 16.1. The van der Waals surface area contributed by atoms with Gasteiger partial charge in [-0.2, -0.15) is 0 Å². The lowest BCUT2D eigenvalue weighted by atomic mass is 10.1. The number of rotatable bonds is 5. The molecule has 0 aliphatic rings. The first-order valence-corrected chi connectivity index (χ1v) is 8.25. The molecule has 2 aromatic heterocycles. The summed E-state index contributed by atoms with van der Waals surface area (Å²) in [5.74, 6) is 2.42. The van der Waals surface area contributed by atoms with Crippen molar-refractivity contribution in [3.8, 4) is 45.7 Å². The Balaban J connectivity index is 1.85. The highest BCUT2D eigenvalue weighted by atomic mass is 16.5. The van der Waals surface area contributed by atoms with Gasteiger partial charge in [0, 0.05) is 17.2 Å². The van der Waals surface area contributed by atoms with Crippen LogP contribution in [-0.2, 0) is 0 Å². The van der Waals surface area contributed by atoms with E-state index < -0.39 is 0 Å². The third-order valence-corrected chi connectivity index (χ3v) is 4.17.